The summed E-state index contributed by atoms with van der Waals surface area (Å²) in [5.74, 6) is -1.01. The topological polar surface area (TPSA) is 94.8 Å². The summed E-state index contributed by atoms with van der Waals surface area (Å²) in [5, 5.41) is 30.6. The molecule has 1 aliphatic carbocycles. The maximum atomic E-state index is 13.5. The van der Waals surface area contributed by atoms with Gasteiger partial charge >= 0.3 is 0 Å². The number of aliphatic hydroxyl groups is 1. The first-order chi connectivity index (χ1) is 17.2. The van der Waals surface area contributed by atoms with Crippen molar-refractivity contribution in [2.45, 2.75) is 84.7 Å². The van der Waals surface area contributed by atoms with Crippen molar-refractivity contribution < 1.29 is 24.9 Å². The first-order valence-electron chi connectivity index (χ1n) is 13.6. The monoisotopic (exact) mass is 494 g/mol. The van der Waals surface area contributed by atoms with Crippen molar-refractivity contribution in [3.05, 3.63) is 59.2 Å². The van der Waals surface area contributed by atoms with Crippen LogP contribution in [0.3, 0.4) is 0 Å². The molecule has 2 aromatic carbocycles. The van der Waals surface area contributed by atoms with Crippen LogP contribution in [-0.2, 0) is 28.9 Å². The molecule has 1 fully saturated rings. The van der Waals surface area contributed by atoms with E-state index in [4.69, 9.17) is 0 Å². The molecule has 1 saturated carbocycles. The predicted molar refractivity (Wildman–Crippen MR) is 142 cm³/mol. The lowest BCUT2D eigenvalue weighted by Gasteiger charge is -2.35. The molecule has 0 aromatic heterocycles. The Morgan fingerprint density at radius 3 is 2.19 bits per heavy atom. The van der Waals surface area contributed by atoms with Crippen molar-refractivity contribution >= 4 is 11.6 Å². The van der Waals surface area contributed by atoms with Gasteiger partial charge in [-0.05, 0) is 73.6 Å². The van der Waals surface area contributed by atoms with Gasteiger partial charge in [-0.15, -0.1) is 0 Å². The minimum absolute atomic E-state index is 0.00294. The fourth-order valence-corrected chi connectivity index (χ4v) is 5.59. The highest BCUT2D eigenvalue weighted by Crippen LogP contribution is 2.37. The van der Waals surface area contributed by atoms with Crippen LogP contribution in [-0.4, -0.2) is 33.0 Å². The maximum absolute atomic E-state index is 13.5. The highest BCUT2D eigenvalue weighted by Gasteiger charge is 2.43. The molecule has 196 valence electrons. The molecular formula is C31H42O5. The lowest BCUT2D eigenvalue weighted by molar-refractivity contribution is -0.144. The van der Waals surface area contributed by atoms with Gasteiger partial charge in [-0.25, -0.2) is 0 Å². The number of aliphatic hydroxyl groups excluding tert-OH is 1. The molecule has 5 heteroatoms. The Hall–Kier alpha value is -2.66. The molecule has 0 bridgehead atoms. The molecule has 2 aromatic rings. The van der Waals surface area contributed by atoms with E-state index in [1.54, 1.807) is 6.07 Å². The van der Waals surface area contributed by atoms with E-state index >= 15 is 0 Å². The molecule has 1 aliphatic rings. The number of phenolic OH excluding ortho intramolecular Hbond substituents is 2. The molecule has 0 radical (unpaired) electrons. The van der Waals surface area contributed by atoms with Crippen molar-refractivity contribution in [2.75, 3.05) is 0 Å². The molecule has 0 heterocycles. The van der Waals surface area contributed by atoms with Crippen molar-refractivity contribution in [1.29, 1.82) is 0 Å². The van der Waals surface area contributed by atoms with Gasteiger partial charge in [-0.1, -0.05) is 57.5 Å². The average molecular weight is 495 g/mol. The number of hydrogen-bond donors (Lipinski definition) is 3. The van der Waals surface area contributed by atoms with Crippen LogP contribution >= 0.6 is 0 Å². The molecule has 5 unspecified atom stereocenters. The molecule has 0 amide bonds. The standard InChI is InChI=1S/C31H42O5/c1-4-6-21-9-11-22(12-10-21)8-7-20(3)28(33)19-27-26(5-2)30(35)17-24(31(27)36)14-13-23-15-16-25(32)18-29(23)34/h9-12,15-16,18,20,24,26-28,32-34H,4-8,13-14,17,19H2,1-3H3. The van der Waals surface area contributed by atoms with Crippen LogP contribution < -0.4 is 0 Å². The summed E-state index contributed by atoms with van der Waals surface area (Å²) in [4.78, 5) is 26.4. The molecule has 3 rings (SSSR count). The molecule has 0 saturated heterocycles. The Morgan fingerprint density at radius 1 is 0.917 bits per heavy atom. The zero-order valence-corrected chi connectivity index (χ0v) is 22.0. The van der Waals surface area contributed by atoms with E-state index in [0.717, 1.165) is 25.7 Å². The van der Waals surface area contributed by atoms with E-state index in [-0.39, 0.29) is 41.3 Å². The normalized spacial score (nSPS) is 21.9. The van der Waals surface area contributed by atoms with Crippen molar-refractivity contribution in [2.24, 2.45) is 23.7 Å². The van der Waals surface area contributed by atoms with Gasteiger partial charge in [0.2, 0.25) is 0 Å². The number of aromatic hydroxyl groups is 2. The largest absolute Gasteiger partial charge is 0.508 e. The van der Waals surface area contributed by atoms with Crippen molar-refractivity contribution in [3.8, 4) is 11.5 Å². The number of carbonyl (C=O) groups excluding carboxylic acids is 2. The van der Waals surface area contributed by atoms with Crippen LogP contribution in [0.15, 0.2) is 42.5 Å². The molecule has 0 aliphatic heterocycles. The van der Waals surface area contributed by atoms with Crippen LogP contribution in [0.1, 0.15) is 76.0 Å². The Bertz CT molecular complexity index is 1010. The third-order valence-electron chi connectivity index (χ3n) is 7.99. The highest BCUT2D eigenvalue weighted by molar-refractivity contribution is 5.97. The van der Waals surface area contributed by atoms with Crippen LogP contribution in [0, 0.1) is 23.7 Å². The first kappa shape index (κ1) is 27.9. The summed E-state index contributed by atoms with van der Waals surface area (Å²) < 4.78 is 0. The summed E-state index contributed by atoms with van der Waals surface area (Å²) in [5.41, 5.74) is 3.25. The number of aryl methyl sites for hydroxylation is 3. The number of phenols is 2. The summed E-state index contributed by atoms with van der Waals surface area (Å²) >= 11 is 0. The van der Waals surface area contributed by atoms with Gasteiger partial charge in [-0.3, -0.25) is 9.59 Å². The summed E-state index contributed by atoms with van der Waals surface area (Å²) in [6.07, 6.45) is 5.34. The van der Waals surface area contributed by atoms with E-state index in [0.29, 0.717) is 31.2 Å². The second kappa shape index (κ2) is 13.0. The number of rotatable bonds is 12. The van der Waals surface area contributed by atoms with Crippen molar-refractivity contribution in [3.63, 3.8) is 0 Å². The maximum Gasteiger partial charge on any atom is 0.140 e. The van der Waals surface area contributed by atoms with E-state index < -0.39 is 17.9 Å². The number of hydrogen-bond acceptors (Lipinski definition) is 5. The van der Waals surface area contributed by atoms with Gasteiger partial charge in [0.25, 0.3) is 0 Å². The second-order valence-electron chi connectivity index (χ2n) is 10.6. The lowest BCUT2D eigenvalue weighted by Crippen LogP contribution is -2.43. The molecule has 36 heavy (non-hydrogen) atoms. The van der Waals surface area contributed by atoms with Crippen molar-refractivity contribution in [1.82, 2.24) is 0 Å². The highest BCUT2D eigenvalue weighted by atomic mass is 16.3. The van der Waals surface area contributed by atoms with Gasteiger partial charge in [0.05, 0.1) is 6.10 Å². The van der Waals surface area contributed by atoms with Gasteiger partial charge in [0.15, 0.2) is 0 Å². The number of Topliss-reactive ketones (excluding diaryl/α,β-unsaturated/α-hetero) is 2. The average Bonchev–Trinajstić information content (AvgIpc) is 2.85. The summed E-state index contributed by atoms with van der Waals surface area (Å²) in [7, 11) is 0. The fraction of sp³-hybridized carbons (Fsp3) is 0.548. The predicted octanol–water partition coefficient (Wildman–Crippen LogP) is 5.80. The van der Waals surface area contributed by atoms with E-state index in [9.17, 15) is 24.9 Å². The van der Waals surface area contributed by atoms with E-state index in [1.807, 2.05) is 13.8 Å². The van der Waals surface area contributed by atoms with Gasteiger partial charge in [0, 0.05) is 30.2 Å². The fourth-order valence-electron chi connectivity index (χ4n) is 5.59. The van der Waals surface area contributed by atoms with Crippen LogP contribution in [0.2, 0.25) is 0 Å². The Kier molecular flexibility index (Phi) is 10.1. The van der Waals surface area contributed by atoms with Crippen LogP contribution in [0.25, 0.3) is 0 Å². The molecule has 0 spiro atoms. The smallest absolute Gasteiger partial charge is 0.140 e. The van der Waals surface area contributed by atoms with Crippen LogP contribution in [0.4, 0.5) is 0 Å². The number of benzene rings is 2. The third-order valence-corrected chi connectivity index (χ3v) is 7.99. The SMILES string of the molecule is CCCc1ccc(CCC(C)C(O)CC2C(=O)C(CCc3ccc(O)cc3O)CC(=O)C2CC)cc1. The van der Waals surface area contributed by atoms with E-state index in [1.165, 1.54) is 23.3 Å². The quantitative estimate of drug-likeness (QED) is 0.346. The minimum atomic E-state index is -0.639. The zero-order chi connectivity index (χ0) is 26.2. The zero-order valence-electron chi connectivity index (χ0n) is 22.0. The second-order valence-corrected chi connectivity index (χ2v) is 10.6. The molecular weight excluding hydrogens is 452 g/mol. The van der Waals surface area contributed by atoms with Gasteiger partial charge in [-0.2, -0.15) is 0 Å². The lowest BCUT2D eigenvalue weighted by atomic mass is 9.67. The summed E-state index contributed by atoms with van der Waals surface area (Å²) in [6.45, 7) is 6.14. The third kappa shape index (κ3) is 7.19. The Labute approximate surface area is 215 Å². The van der Waals surface area contributed by atoms with Gasteiger partial charge in [0.1, 0.15) is 23.1 Å². The van der Waals surface area contributed by atoms with Gasteiger partial charge < -0.3 is 15.3 Å². The Balaban J connectivity index is 1.59. The Morgan fingerprint density at radius 2 is 1.58 bits per heavy atom. The molecule has 3 N–H and O–H groups in total. The number of ketones is 2. The molecule has 5 nitrogen and oxygen atoms in total. The first-order valence-corrected chi connectivity index (χ1v) is 13.6. The van der Waals surface area contributed by atoms with E-state index in [2.05, 4.69) is 31.2 Å². The molecule has 5 atom stereocenters. The number of carbonyl (C=O) groups is 2. The minimum Gasteiger partial charge on any atom is -0.508 e. The van der Waals surface area contributed by atoms with Crippen LogP contribution in [0.5, 0.6) is 11.5 Å². The summed E-state index contributed by atoms with van der Waals surface area (Å²) in [6, 6.07) is 13.1.